The van der Waals surface area contributed by atoms with Crippen LogP contribution in [0.4, 0.5) is 0 Å². The van der Waals surface area contributed by atoms with E-state index in [1.807, 2.05) is 0 Å². The molecule has 0 saturated heterocycles. The van der Waals surface area contributed by atoms with Gasteiger partial charge in [-0.05, 0) is 31.6 Å². The number of carbonyl (C=O) groups excluding carboxylic acids is 1. The van der Waals surface area contributed by atoms with Crippen molar-refractivity contribution in [2.75, 3.05) is 145 Å². The second kappa shape index (κ2) is 34.3. The van der Waals surface area contributed by atoms with Crippen LogP contribution in [-0.2, 0) is 57.0 Å². The van der Waals surface area contributed by atoms with E-state index >= 15 is 0 Å². The van der Waals surface area contributed by atoms with E-state index in [1.54, 1.807) is 0 Å². The number of carboxylic acids is 2. The van der Waals surface area contributed by atoms with Gasteiger partial charge < -0.3 is 58.2 Å². The number of nitrogens with one attached hydrogen (secondary N) is 1. The fourth-order valence-corrected chi connectivity index (χ4v) is 5.04. The number of aliphatic carboxylic acids is 2. The molecular formula is C37H68N2O14. The van der Waals surface area contributed by atoms with Crippen LogP contribution in [0, 0.1) is 11.3 Å². The normalized spacial score (nSPS) is 17.5. The minimum atomic E-state index is -0.890. The van der Waals surface area contributed by atoms with E-state index in [-0.39, 0.29) is 37.4 Å². The fourth-order valence-electron chi connectivity index (χ4n) is 5.04. The molecule has 1 aliphatic rings. The summed E-state index contributed by atoms with van der Waals surface area (Å²) in [7, 11) is 0. The maximum Gasteiger partial charge on any atom is 0.305 e. The number of ether oxygens (including phenoxy) is 9. The van der Waals surface area contributed by atoms with Gasteiger partial charge in [0.15, 0.2) is 0 Å². The van der Waals surface area contributed by atoms with Crippen LogP contribution in [0.15, 0.2) is 12.2 Å². The van der Waals surface area contributed by atoms with Crippen molar-refractivity contribution in [1.82, 2.24) is 10.2 Å². The quantitative estimate of drug-likeness (QED) is 0.0617. The van der Waals surface area contributed by atoms with E-state index in [9.17, 15) is 14.4 Å². The van der Waals surface area contributed by atoms with Crippen LogP contribution < -0.4 is 5.32 Å². The van der Waals surface area contributed by atoms with E-state index in [0.29, 0.717) is 138 Å². The lowest BCUT2D eigenvalue weighted by molar-refractivity contribution is -0.139. The first-order valence-electron chi connectivity index (χ1n) is 19.0. The molecule has 0 aromatic carbocycles. The van der Waals surface area contributed by atoms with Crippen LogP contribution in [0.25, 0.3) is 0 Å². The second-order valence-electron chi connectivity index (χ2n) is 12.9. The highest BCUT2D eigenvalue weighted by molar-refractivity contribution is 5.82. The van der Waals surface area contributed by atoms with Crippen molar-refractivity contribution in [2.24, 2.45) is 11.3 Å². The van der Waals surface area contributed by atoms with Gasteiger partial charge in [0.1, 0.15) is 0 Å². The summed E-state index contributed by atoms with van der Waals surface area (Å²) < 4.78 is 49.7. The number of allylic oxidation sites excluding steroid dienone is 2. The third kappa shape index (κ3) is 30.7. The van der Waals surface area contributed by atoms with Crippen molar-refractivity contribution in [2.45, 2.75) is 52.4 Å². The van der Waals surface area contributed by atoms with Gasteiger partial charge in [-0.25, -0.2) is 0 Å². The first kappa shape index (κ1) is 48.8. The summed E-state index contributed by atoms with van der Waals surface area (Å²) in [6.07, 6.45) is 8.10. The van der Waals surface area contributed by atoms with Crippen LogP contribution in [0.3, 0.4) is 0 Å². The first-order chi connectivity index (χ1) is 25.7. The zero-order valence-electron chi connectivity index (χ0n) is 32.3. The van der Waals surface area contributed by atoms with E-state index in [0.717, 1.165) is 25.7 Å². The van der Waals surface area contributed by atoms with E-state index < -0.39 is 11.9 Å². The summed E-state index contributed by atoms with van der Waals surface area (Å²) in [5, 5.41) is 20.3. The Labute approximate surface area is 316 Å². The van der Waals surface area contributed by atoms with Crippen LogP contribution in [0.2, 0.25) is 0 Å². The highest BCUT2D eigenvalue weighted by Crippen LogP contribution is 2.33. The first-order valence-corrected chi connectivity index (χ1v) is 19.0. The standard InChI is InChI=1S/C37H68N2O14/c1-33-5-3-4-9-37(2,10-6-33)36(44)38-11-17-47-23-29-53-32-26-50-20-14-39(12-18-48-24-30-51-27-21-45-15-7-34(40)41)13-19-49-25-31-52-28-22-46-16-8-35(42)43/h3,5,33H,4,6-32H2,1-2H3,(H,38,44)(H,40,41)(H,42,43). The molecular weight excluding hydrogens is 696 g/mol. The van der Waals surface area contributed by atoms with Gasteiger partial charge in [0, 0.05) is 31.6 Å². The summed E-state index contributed by atoms with van der Waals surface area (Å²) in [5.41, 5.74) is -0.333. The molecule has 0 aromatic rings. The average Bonchev–Trinajstić information content (AvgIpc) is 3.12. The fraction of sp³-hybridized carbons (Fsp3) is 0.865. The predicted molar refractivity (Wildman–Crippen MR) is 196 cm³/mol. The second-order valence-corrected chi connectivity index (χ2v) is 12.9. The summed E-state index contributed by atoms with van der Waals surface area (Å²) in [6, 6.07) is 0. The minimum Gasteiger partial charge on any atom is -0.481 e. The Hall–Kier alpha value is -2.25. The lowest BCUT2D eigenvalue weighted by atomic mass is 9.77. The summed E-state index contributed by atoms with van der Waals surface area (Å²) in [6.45, 7) is 14.0. The third-order valence-corrected chi connectivity index (χ3v) is 8.37. The van der Waals surface area contributed by atoms with Crippen LogP contribution >= 0.6 is 0 Å². The summed E-state index contributed by atoms with van der Waals surface area (Å²) in [4.78, 5) is 36.0. The molecule has 0 heterocycles. The molecule has 0 spiro atoms. The third-order valence-electron chi connectivity index (χ3n) is 8.37. The number of carboxylic acid groups (broad SMARTS) is 2. The van der Waals surface area contributed by atoms with Crippen LogP contribution in [0.1, 0.15) is 52.4 Å². The van der Waals surface area contributed by atoms with Crippen molar-refractivity contribution in [3.8, 4) is 0 Å². The molecule has 2 atom stereocenters. The maximum atomic E-state index is 12.8. The Balaban J connectivity index is 2.14. The molecule has 1 aliphatic carbocycles. The Morgan fingerprint density at radius 3 is 1.40 bits per heavy atom. The number of carbonyl (C=O) groups is 3. The van der Waals surface area contributed by atoms with Crippen molar-refractivity contribution < 1.29 is 67.2 Å². The molecule has 0 fully saturated rings. The number of amides is 1. The van der Waals surface area contributed by atoms with Gasteiger partial charge in [0.25, 0.3) is 0 Å². The Kier molecular flexibility index (Phi) is 31.5. The number of hydrogen-bond donors (Lipinski definition) is 3. The Bertz CT molecular complexity index is 907. The lowest BCUT2D eigenvalue weighted by Gasteiger charge is -2.30. The maximum absolute atomic E-state index is 12.8. The molecule has 2 unspecified atom stereocenters. The van der Waals surface area contributed by atoms with Gasteiger partial charge in [-0.2, -0.15) is 0 Å². The summed E-state index contributed by atoms with van der Waals surface area (Å²) in [5.74, 6) is -1.16. The number of rotatable bonds is 37. The monoisotopic (exact) mass is 764 g/mol. The van der Waals surface area contributed by atoms with Gasteiger partial charge in [0.2, 0.25) is 5.91 Å². The molecule has 310 valence electrons. The van der Waals surface area contributed by atoms with Gasteiger partial charge in [-0.15, -0.1) is 0 Å². The smallest absolute Gasteiger partial charge is 0.305 e. The van der Waals surface area contributed by atoms with Crippen molar-refractivity contribution in [1.29, 1.82) is 0 Å². The molecule has 0 saturated carbocycles. The zero-order chi connectivity index (χ0) is 38.7. The minimum absolute atomic E-state index is 0.0262. The Morgan fingerprint density at radius 2 is 0.981 bits per heavy atom. The molecule has 0 radical (unpaired) electrons. The predicted octanol–water partition coefficient (Wildman–Crippen LogP) is 2.28. The number of nitrogens with zero attached hydrogens (tertiary/aromatic N) is 1. The van der Waals surface area contributed by atoms with Crippen molar-refractivity contribution in [3.63, 3.8) is 0 Å². The lowest BCUT2D eigenvalue weighted by Crippen LogP contribution is -2.41. The van der Waals surface area contributed by atoms with E-state index in [4.69, 9.17) is 52.8 Å². The molecule has 3 N–H and O–H groups in total. The van der Waals surface area contributed by atoms with Gasteiger partial charge in [-0.3, -0.25) is 19.3 Å². The SMILES string of the molecule is CC1C=CCCC(C)(C(=O)NCCOCCOCCOCCN(CCOCCOCCOCCC(=O)O)CCOCCOCCOCCC(=O)O)CC1. The molecule has 16 heteroatoms. The van der Waals surface area contributed by atoms with Crippen LogP contribution in [0.5, 0.6) is 0 Å². The van der Waals surface area contributed by atoms with Gasteiger partial charge in [0.05, 0.1) is 132 Å². The largest absolute Gasteiger partial charge is 0.481 e. The zero-order valence-corrected chi connectivity index (χ0v) is 32.3. The molecule has 1 amide bonds. The topological polar surface area (TPSA) is 190 Å². The van der Waals surface area contributed by atoms with Crippen molar-refractivity contribution >= 4 is 17.8 Å². The number of hydrogen-bond acceptors (Lipinski definition) is 13. The Morgan fingerprint density at radius 1 is 0.604 bits per heavy atom. The highest BCUT2D eigenvalue weighted by Gasteiger charge is 2.32. The molecule has 0 aliphatic heterocycles. The molecule has 53 heavy (non-hydrogen) atoms. The summed E-state index contributed by atoms with van der Waals surface area (Å²) >= 11 is 0. The average molecular weight is 765 g/mol. The van der Waals surface area contributed by atoms with Gasteiger partial charge in [-0.1, -0.05) is 26.0 Å². The molecule has 1 rings (SSSR count). The highest BCUT2D eigenvalue weighted by atomic mass is 16.6. The van der Waals surface area contributed by atoms with Gasteiger partial charge >= 0.3 is 11.9 Å². The van der Waals surface area contributed by atoms with E-state index in [1.165, 1.54) is 0 Å². The molecule has 0 bridgehead atoms. The molecule has 16 nitrogen and oxygen atoms in total. The van der Waals surface area contributed by atoms with E-state index in [2.05, 4.69) is 36.2 Å². The van der Waals surface area contributed by atoms with Crippen molar-refractivity contribution in [3.05, 3.63) is 12.2 Å². The van der Waals surface area contributed by atoms with Crippen LogP contribution in [-0.4, -0.2) is 178 Å². The molecule has 0 aromatic heterocycles.